The maximum atomic E-state index is 12.6. The van der Waals surface area contributed by atoms with Crippen LogP contribution in [0.2, 0.25) is 5.02 Å². The van der Waals surface area contributed by atoms with Gasteiger partial charge < -0.3 is 5.32 Å². The molecule has 0 saturated heterocycles. The number of benzene rings is 2. The average Bonchev–Trinajstić information content (AvgIpc) is 2.96. The first-order valence-electron chi connectivity index (χ1n) is 8.95. The first kappa shape index (κ1) is 18.2. The summed E-state index contributed by atoms with van der Waals surface area (Å²) in [6, 6.07) is 11.7. The molecule has 0 fully saturated rings. The van der Waals surface area contributed by atoms with Crippen LogP contribution in [0.3, 0.4) is 0 Å². The monoisotopic (exact) mass is 392 g/mol. The number of halogens is 1. The molecule has 2 aromatic rings. The molecule has 4 rings (SSSR count). The van der Waals surface area contributed by atoms with Gasteiger partial charge in [-0.15, -0.1) is 0 Å². The molecule has 2 aromatic carbocycles. The lowest BCUT2D eigenvalue weighted by molar-refractivity contribution is -0.113. The zero-order valence-corrected chi connectivity index (χ0v) is 15.7. The summed E-state index contributed by atoms with van der Waals surface area (Å²) < 4.78 is 0. The third-order valence-corrected chi connectivity index (χ3v) is 5.06. The van der Waals surface area contributed by atoms with Gasteiger partial charge in [0.05, 0.1) is 17.7 Å². The average molecular weight is 393 g/mol. The Morgan fingerprint density at radius 3 is 2.43 bits per heavy atom. The number of hydrogen-bond donors (Lipinski definition) is 1. The van der Waals surface area contributed by atoms with Gasteiger partial charge in [-0.25, -0.2) is 0 Å². The Morgan fingerprint density at radius 1 is 1.07 bits per heavy atom. The first-order valence-corrected chi connectivity index (χ1v) is 9.33. The van der Waals surface area contributed by atoms with Gasteiger partial charge in [0.1, 0.15) is 0 Å². The zero-order chi connectivity index (χ0) is 19.7. The van der Waals surface area contributed by atoms with Crippen molar-refractivity contribution < 1.29 is 14.4 Å². The highest BCUT2D eigenvalue weighted by Gasteiger charge is 2.35. The molecule has 28 heavy (non-hydrogen) atoms. The first-order chi connectivity index (χ1) is 13.5. The van der Waals surface area contributed by atoms with Crippen molar-refractivity contribution in [1.29, 1.82) is 0 Å². The minimum Gasteiger partial charge on any atom is -0.322 e. The highest BCUT2D eigenvalue weighted by atomic mass is 35.5. The molecule has 1 N–H and O–H groups in total. The molecule has 0 radical (unpaired) electrons. The smallest absolute Gasteiger partial charge is 0.261 e. The molecule has 6 heteroatoms. The second kappa shape index (κ2) is 7.44. The Labute approximate surface area is 167 Å². The van der Waals surface area contributed by atoms with Crippen LogP contribution in [0.4, 0.5) is 5.69 Å². The second-order valence-corrected chi connectivity index (χ2v) is 7.09. The summed E-state index contributed by atoms with van der Waals surface area (Å²) >= 11 is 6.13. The number of rotatable bonds is 4. The van der Waals surface area contributed by atoms with Crippen LogP contribution in [0.5, 0.6) is 0 Å². The van der Waals surface area contributed by atoms with E-state index in [-0.39, 0.29) is 24.3 Å². The van der Waals surface area contributed by atoms with E-state index in [1.807, 2.05) is 12.2 Å². The standard InChI is InChI=1S/C22H17ClN2O3/c23-16-10-11-19(24-20(26)14-6-2-1-3-7-14)15(12-16)13-25-21(27)17-8-4-5-9-18(17)22(25)28/h1-2,4-6,8-12H,3,7,13H2,(H,24,26). The van der Waals surface area contributed by atoms with E-state index in [0.717, 1.165) is 6.42 Å². The molecule has 0 aromatic heterocycles. The van der Waals surface area contributed by atoms with E-state index >= 15 is 0 Å². The van der Waals surface area contributed by atoms with E-state index in [1.165, 1.54) is 4.90 Å². The maximum Gasteiger partial charge on any atom is 0.261 e. The summed E-state index contributed by atoms with van der Waals surface area (Å²) in [7, 11) is 0. The predicted octanol–water partition coefficient (Wildman–Crippen LogP) is 4.35. The predicted molar refractivity (Wildman–Crippen MR) is 107 cm³/mol. The van der Waals surface area contributed by atoms with E-state index in [2.05, 4.69) is 5.32 Å². The fourth-order valence-electron chi connectivity index (χ4n) is 3.36. The van der Waals surface area contributed by atoms with E-state index in [4.69, 9.17) is 11.6 Å². The topological polar surface area (TPSA) is 66.5 Å². The van der Waals surface area contributed by atoms with Crippen LogP contribution in [0, 0.1) is 0 Å². The van der Waals surface area contributed by atoms with Gasteiger partial charge in [0.2, 0.25) is 0 Å². The zero-order valence-electron chi connectivity index (χ0n) is 14.9. The molecule has 2 aliphatic rings. The minimum absolute atomic E-state index is 0.0292. The number of anilines is 1. The van der Waals surface area contributed by atoms with Gasteiger partial charge in [-0.05, 0) is 48.7 Å². The van der Waals surface area contributed by atoms with Gasteiger partial charge in [0, 0.05) is 16.3 Å². The van der Waals surface area contributed by atoms with Crippen molar-refractivity contribution in [3.05, 3.63) is 88.0 Å². The number of fused-ring (bicyclic) bond motifs is 1. The molecule has 0 spiro atoms. The lowest BCUT2D eigenvalue weighted by Gasteiger charge is -2.18. The van der Waals surface area contributed by atoms with Crippen LogP contribution >= 0.6 is 11.6 Å². The number of nitrogens with one attached hydrogen (secondary N) is 1. The van der Waals surface area contributed by atoms with Crippen LogP contribution < -0.4 is 5.32 Å². The van der Waals surface area contributed by atoms with Crippen molar-refractivity contribution in [1.82, 2.24) is 4.90 Å². The minimum atomic E-state index is -0.349. The number of hydrogen-bond acceptors (Lipinski definition) is 3. The van der Waals surface area contributed by atoms with Crippen LogP contribution in [0.1, 0.15) is 39.1 Å². The van der Waals surface area contributed by atoms with E-state index in [0.29, 0.717) is 39.4 Å². The van der Waals surface area contributed by atoms with Crippen LogP contribution in [0.25, 0.3) is 0 Å². The number of nitrogens with zero attached hydrogens (tertiary/aromatic N) is 1. The largest absolute Gasteiger partial charge is 0.322 e. The van der Waals surface area contributed by atoms with Crippen molar-refractivity contribution in [3.63, 3.8) is 0 Å². The summed E-state index contributed by atoms with van der Waals surface area (Å²) in [4.78, 5) is 39.0. The molecule has 3 amide bonds. The van der Waals surface area contributed by atoms with Gasteiger partial charge in [-0.3, -0.25) is 19.3 Å². The lowest BCUT2D eigenvalue weighted by Crippen LogP contribution is -2.29. The molecule has 0 bridgehead atoms. The van der Waals surface area contributed by atoms with Crippen molar-refractivity contribution in [2.45, 2.75) is 19.4 Å². The third-order valence-electron chi connectivity index (χ3n) is 4.83. The highest BCUT2D eigenvalue weighted by molar-refractivity contribution is 6.30. The quantitative estimate of drug-likeness (QED) is 0.786. The van der Waals surface area contributed by atoms with E-state index in [1.54, 1.807) is 48.5 Å². The fourth-order valence-corrected chi connectivity index (χ4v) is 3.56. The summed E-state index contributed by atoms with van der Waals surface area (Å²) in [5.74, 6) is -0.897. The third kappa shape index (κ3) is 3.37. The summed E-state index contributed by atoms with van der Waals surface area (Å²) in [5, 5.41) is 3.35. The van der Waals surface area contributed by atoms with Gasteiger partial charge in [0.25, 0.3) is 17.7 Å². The Hall–Kier alpha value is -3.18. The van der Waals surface area contributed by atoms with Crippen molar-refractivity contribution in [3.8, 4) is 0 Å². The molecular weight excluding hydrogens is 376 g/mol. The molecule has 140 valence electrons. The Morgan fingerprint density at radius 2 is 1.79 bits per heavy atom. The second-order valence-electron chi connectivity index (χ2n) is 6.66. The highest BCUT2D eigenvalue weighted by Crippen LogP contribution is 2.28. The SMILES string of the molecule is O=C(Nc1ccc(Cl)cc1CN1C(=O)c2ccccc2C1=O)C1=CC=CCC1. The summed E-state index contributed by atoms with van der Waals surface area (Å²) in [5.41, 5.74) is 2.59. The van der Waals surface area contributed by atoms with Crippen molar-refractivity contribution in [2.75, 3.05) is 5.32 Å². The maximum absolute atomic E-state index is 12.6. The molecule has 1 aliphatic carbocycles. The molecule has 1 aliphatic heterocycles. The molecule has 0 atom stereocenters. The molecule has 0 saturated carbocycles. The Balaban J connectivity index is 1.60. The van der Waals surface area contributed by atoms with E-state index in [9.17, 15) is 14.4 Å². The van der Waals surface area contributed by atoms with Gasteiger partial charge >= 0.3 is 0 Å². The summed E-state index contributed by atoms with van der Waals surface area (Å²) in [6.07, 6.45) is 7.15. The van der Waals surface area contributed by atoms with Gasteiger partial charge in [0.15, 0.2) is 0 Å². The Kier molecular flexibility index (Phi) is 4.84. The number of carbonyl (C=O) groups excluding carboxylic acids is 3. The van der Waals surface area contributed by atoms with Crippen LogP contribution in [0.15, 0.2) is 66.3 Å². The molecule has 1 heterocycles. The number of amides is 3. The Bertz CT molecular complexity index is 1020. The van der Waals surface area contributed by atoms with Gasteiger partial charge in [-0.2, -0.15) is 0 Å². The van der Waals surface area contributed by atoms with Gasteiger partial charge in [-0.1, -0.05) is 42.0 Å². The van der Waals surface area contributed by atoms with Crippen molar-refractivity contribution in [2.24, 2.45) is 0 Å². The lowest BCUT2D eigenvalue weighted by atomic mass is 10.0. The van der Waals surface area contributed by atoms with Crippen LogP contribution in [-0.2, 0) is 11.3 Å². The van der Waals surface area contributed by atoms with Crippen molar-refractivity contribution >= 4 is 35.0 Å². The fraction of sp³-hybridized carbons (Fsp3) is 0.136. The normalized spacial score (nSPS) is 15.5. The number of imide groups is 1. The van der Waals surface area contributed by atoms with Crippen LogP contribution in [-0.4, -0.2) is 22.6 Å². The van der Waals surface area contributed by atoms with E-state index < -0.39 is 0 Å². The molecule has 0 unspecified atom stereocenters. The molecular formula is C22H17ClN2O3. The number of carbonyl (C=O) groups is 3. The summed E-state index contributed by atoms with van der Waals surface area (Å²) in [6.45, 7) is 0.0292. The molecule has 5 nitrogen and oxygen atoms in total. The number of allylic oxidation sites excluding steroid dienone is 3.